The van der Waals surface area contributed by atoms with Crippen molar-refractivity contribution in [3.05, 3.63) is 34.2 Å². The number of thiophene rings is 1. The first-order chi connectivity index (χ1) is 10.6. The molecule has 0 fully saturated rings. The Kier molecular flexibility index (Phi) is 6.03. The molecular formula is C16H20N2O3S. The second kappa shape index (κ2) is 8.00. The van der Waals surface area contributed by atoms with Crippen LogP contribution < -0.4 is 0 Å². The van der Waals surface area contributed by atoms with Crippen molar-refractivity contribution in [2.24, 2.45) is 10.9 Å². The number of rotatable bonds is 7. The summed E-state index contributed by atoms with van der Waals surface area (Å²) in [7, 11) is 3.84. The SMILES string of the molecule is CN(C)CCOC(=O)C1=CN=CC(CC(=O)c2cccs2)C1. The molecule has 1 atom stereocenters. The van der Waals surface area contributed by atoms with E-state index in [-0.39, 0.29) is 17.7 Å². The van der Waals surface area contributed by atoms with Crippen LogP contribution in [0.2, 0.25) is 0 Å². The van der Waals surface area contributed by atoms with Crippen LogP contribution in [-0.2, 0) is 9.53 Å². The second-order valence-electron chi connectivity index (χ2n) is 5.46. The quantitative estimate of drug-likeness (QED) is 0.572. The van der Waals surface area contributed by atoms with E-state index in [4.69, 9.17) is 4.74 Å². The predicted octanol–water partition coefficient (Wildman–Crippen LogP) is 2.40. The van der Waals surface area contributed by atoms with Gasteiger partial charge in [0, 0.05) is 31.3 Å². The fraction of sp³-hybridized carbons (Fsp3) is 0.438. The maximum Gasteiger partial charge on any atom is 0.335 e. The van der Waals surface area contributed by atoms with Gasteiger partial charge in [-0.3, -0.25) is 9.79 Å². The summed E-state index contributed by atoms with van der Waals surface area (Å²) in [5.41, 5.74) is 0.533. The smallest absolute Gasteiger partial charge is 0.335 e. The van der Waals surface area contributed by atoms with Crippen molar-refractivity contribution in [2.45, 2.75) is 12.8 Å². The summed E-state index contributed by atoms with van der Waals surface area (Å²) in [6.45, 7) is 1.04. The van der Waals surface area contributed by atoms with Crippen LogP contribution >= 0.6 is 11.3 Å². The van der Waals surface area contributed by atoms with Crippen molar-refractivity contribution in [3.8, 4) is 0 Å². The maximum absolute atomic E-state index is 12.1. The molecule has 5 nitrogen and oxygen atoms in total. The van der Waals surface area contributed by atoms with Gasteiger partial charge in [-0.2, -0.15) is 0 Å². The summed E-state index contributed by atoms with van der Waals surface area (Å²) in [4.78, 5) is 30.9. The minimum Gasteiger partial charge on any atom is -0.461 e. The number of ether oxygens (including phenoxy) is 1. The molecule has 0 amide bonds. The molecule has 2 rings (SSSR count). The summed E-state index contributed by atoms with van der Waals surface area (Å²) < 4.78 is 5.21. The van der Waals surface area contributed by atoms with Gasteiger partial charge in [-0.25, -0.2) is 4.79 Å². The molecule has 0 radical (unpaired) electrons. The number of carbonyl (C=O) groups is 2. The van der Waals surface area contributed by atoms with Gasteiger partial charge in [0.15, 0.2) is 5.78 Å². The predicted molar refractivity (Wildman–Crippen MR) is 87.5 cm³/mol. The Morgan fingerprint density at radius 1 is 1.45 bits per heavy atom. The minimum atomic E-state index is -0.340. The van der Waals surface area contributed by atoms with E-state index in [1.165, 1.54) is 17.5 Å². The molecule has 0 N–H and O–H groups in total. The number of ketones is 1. The fourth-order valence-corrected chi connectivity index (χ4v) is 2.77. The van der Waals surface area contributed by atoms with Crippen LogP contribution in [0.25, 0.3) is 0 Å². The highest BCUT2D eigenvalue weighted by atomic mass is 32.1. The van der Waals surface area contributed by atoms with Crippen LogP contribution in [0.5, 0.6) is 0 Å². The molecule has 1 aromatic rings. The zero-order valence-electron chi connectivity index (χ0n) is 12.8. The van der Waals surface area contributed by atoms with E-state index in [9.17, 15) is 9.59 Å². The van der Waals surface area contributed by atoms with E-state index in [0.29, 0.717) is 31.6 Å². The summed E-state index contributed by atoms with van der Waals surface area (Å²) in [6, 6.07) is 3.68. The van der Waals surface area contributed by atoms with Crippen LogP contribution in [-0.4, -0.2) is 50.1 Å². The first-order valence-corrected chi connectivity index (χ1v) is 8.05. The number of esters is 1. The average molecular weight is 320 g/mol. The summed E-state index contributed by atoms with van der Waals surface area (Å²) >= 11 is 1.44. The minimum absolute atomic E-state index is 0.0454. The maximum atomic E-state index is 12.1. The first kappa shape index (κ1) is 16.6. The molecule has 1 aliphatic heterocycles. The lowest BCUT2D eigenvalue weighted by Gasteiger charge is -2.16. The molecule has 0 bridgehead atoms. The Hall–Kier alpha value is -1.79. The largest absolute Gasteiger partial charge is 0.461 e. The van der Waals surface area contributed by atoms with Crippen LogP contribution in [0.4, 0.5) is 0 Å². The van der Waals surface area contributed by atoms with Crippen LogP contribution in [0.1, 0.15) is 22.5 Å². The number of carbonyl (C=O) groups excluding carboxylic acids is 2. The van der Waals surface area contributed by atoms with Gasteiger partial charge in [0.2, 0.25) is 0 Å². The number of likely N-dealkylation sites (N-methyl/N-ethyl adjacent to an activating group) is 1. The van der Waals surface area contributed by atoms with Gasteiger partial charge in [-0.15, -0.1) is 11.3 Å². The van der Waals surface area contributed by atoms with Crippen molar-refractivity contribution in [2.75, 3.05) is 27.2 Å². The van der Waals surface area contributed by atoms with E-state index < -0.39 is 0 Å². The normalized spacial score (nSPS) is 17.4. The monoisotopic (exact) mass is 320 g/mol. The fourth-order valence-electron chi connectivity index (χ4n) is 2.09. The zero-order valence-corrected chi connectivity index (χ0v) is 13.6. The highest BCUT2D eigenvalue weighted by molar-refractivity contribution is 7.12. The van der Waals surface area contributed by atoms with E-state index in [1.54, 1.807) is 6.21 Å². The lowest BCUT2D eigenvalue weighted by atomic mass is 9.93. The zero-order chi connectivity index (χ0) is 15.9. The standard InChI is InChI=1S/C16H20N2O3S/c1-18(2)5-6-21-16(20)13-8-12(10-17-11-13)9-14(19)15-4-3-7-22-15/h3-4,7,10-12H,5-6,8-9H2,1-2H3. The number of hydrogen-bond acceptors (Lipinski definition) is 6. The summed E-state index contributed by atoms with van der Waals surface area (Å²) in [5, 5.41) is 1.88. The van der Waals surface area contributed by atoms with Gasteiger partial charge in [0.1, 0.15) is 6.61 Å². The molecule has 1 aliphatic rings. The Bertz CT molecular complexity index is 576. The number of Topliss-reactive ketones (excluding diaryl/α,β-unsaturated/α-hetero) is 1. The molecular weight excluding hydrogens is 300 g/mol. The van der Waals surface area contributed by atoms with Crippen molar-refractivity contribution in [1.82, 2.24) is 4.90 Å². The lowest BCUT2D eigenvalue weighted by molar-refractivity contribution is -0.139. The molecule has 0 saturated carbocycles. The Balaban J connectivity index is 1.84. The van der Waals surface area contributed by atoms with Gasteiger partial charge in [-0.05, 0) is 32.0 Å². The van der Waals surface area contributed by atoms with E-state index in [2.05, 4.69) is 4.99 Å². The van der Waals surface area contributed by atoms with E-state index >= 15 is 0 Å². The number of nitrogens with zero attached hydrogens (tertiary/aromatic N) is 2. The van der Waals surface area contributed by atoms with Crippen molar-refractivity contribution >= 4 is 29.3 Å². The topological polar surface area (TPSA) is 59.0 Å². The molecule has 1 aromatic heterocycles. The molecule has 1 unspecified atom stereocenters. The molecule has 6 heteroatoms. The van der Waals surface area contributed by atoms with Gasteiger partial charge in [0.05, 0.1) is 10.5 Å². The third-order valence-corrected chi connectivity index (χ3v) is 4.20. The molecule has 118 valence electrons. The summed E-state index contributed by atoms with van der Waals surface area (Å²) in [5.74, 6) is -0.294. The van der Waals surface area contributed by atoms with Gasteiger partial charge in [-0.1, -0.05) is 6.07 Å². The molecule has 0 saturated heterocycles. The van der Waals surface area contributed by atoms with Crippen LogP contribution in [0.3, 0.4) is 0 Å². The Morgan fingerprint density at radius 3 is 2.95 bits per heavy atom. The highest BCUT2D eigenvalue weighted by Crippen LogP contribution is 2.22. The lowest BCUT2D eigenvalue weighted by Crippen LogP contribution is -2.22. The molecule has 0 spiro atoms. The van der Waals surface area contributed by atoms with Crippen LogP contribution in [0.15, 0.2) is 34.3 Å². The molecule has 2 heterocycles. The van der Waals surface area contributed by atoms with Crippen LogP contribution in [0, 0.1) is 5.92 Å². The molecule has 22 heavy (non-hydrogen) atoms. The third kappa shape index (κ3) is 4.89. The molecule has 0 aliphatic carbocycles. The Labute approximate surface area is 134 Å². The van der Waals surface area contributed by atoms with Crippen molar-refractivity contribution in [1.29, 1.82) is 0 Å². The van der Waals surface area contributed by atoms with Gasteiger partial charge < -0.3 is 9.64 Å². The summed E-state index contributed by atoms with van der Waals surface area (Å²) in [6.07, 6.45) is 4.14. The van der Waals surface area contributed by atoms with Crippen molar-refractivity contribution < 1.29 is 14.3 Å². The average Bonchev–Trinajstić information content (AvgIpc) is 3.01. The highest BCUT2D eigenvalue weighted by Gasteiger charge is 2.22. The number of aliphatic imine (C=N–C) groups is 1. The number of hydrogen-bond donors (Lipinski definition) is 0. The molecule has 0 aromatic carbocycles. The third-order valence-electron chi connectivity index (χ3n) is 3.29. The van der Waals surface area contributed by atoms with E-state index in [1.807, 2.05) is 36.5 Å². The Morgan fingerprint density at radius 2 is 2.27 bits per heavy atom. The van der Waals surface area contributed by atoms with E-state index in [0.717, 1.165) is 4.88 Å². The second-order valence-corrected chi connectivity index (χ2v) is 6.41. The van der Waals surface area contributed by atoms with Gasteiger partial charge >= 0.3 is 5.97 Å². The first-order valence-electron chi connectivity index (χ1n) is 7.17. The van der Waals surface area contributed by atoms with Crippen molar-refractivity contribution in [3.63, 3.8) is 0 Å². The van der Waals surface area contributed by atoms with Gasteiger partial charge in [0.25, 0.3) is 0 Å².